The van der Waals surface area contributed by atoms with Gasteiger partial charge in [-0.15, -0.1) is 0 Å². The fraction of sp³-hybridized carbons (Fsp3) is 0.333. The first-order valence-electron chi connectivity index (χ1n) is 5.67. The molecule has 1 aromatic carbocycles. The highest BCUT2D eigenvalue weighted by Crippen LogP contribution is 2.30. The highest BCUT2D eigenvalue weighted by Gasteiger charge is 2.42. The van der Waals surface area contributed by atoms with Crippen molar-refractivity contribution in [2.24, 2.45) is 11.8 Å². The summed E-state index contributed by atoms with van der Waals surface area (Å²) in [5.74, 6) is -1.46. The number of amides is 2. The Bertz CT molecular complexity index is 615. The Balaban J connectivity index is 2.39. The number of benzene rings is 1. The van der Waals surface area contributed by atoms with Gasteiger partial charge in [-0.1, -0.05) is 13.8 Å². The van der Waals surface area contributed by atoms with Gasteiger partial charge in [-0.05, 0) is 24.3 Å². The van der Waals surface area contributed by atoms with Gasteiger partial charge in [0, 0.05) is 11.8 Å². The maximum absolute atomic E-state index is 11.9. The minimum atomic E-state index is -4.53. The van der Waals surface area contributed by atoms with Crippen molar-refractivity contribution in [3.63, 3.8) is 0 Å². The third-order valence-electron chi connectivity index (χ3n) is 3.35. The average molecular weight is 282 g/mol. The van der Waals surface area contributed by atoms with E-state index in [1.807, 2.05) is 0 Å². The van der Waals surface area contributed by atoms with E-state index in [0.29, 0.717) is 0 Å². The van der Waals surface area contributed by atoms with Gasteiger partial charge < -0.3 is 4.55 Å². The molecule has 0 saturated carbocycles. The predicted octanol–water partition coefficient (Wildman–Crippen LogP) is 0.736. The van der Waals surface area contributed by atoms with Crippen LogP contribution in [0.5, 0.6) is 0 Å². The Kier molecular flexibility index (Phi) is 3.19. The van der Waals surface area contributed by atoms with E-state index in [0.717, 1.165) is 17.0 Å². The number of rotatable bonds is 2. The number of hydrogen-bond donors (Lipinski definition) is 0. The first-order valence-corrected chi connectivity index (χ1v) is 7.08. The highest BCUT2D eigenvalue weighted by atomic mass is 32.2. The van der Waals surface area contributed by atoms with Gasteiger partial charge >= 0.3 is 0 Å². The van der Waals surface area contributed by atoms with Gasteiger partial charge in [-0.3, -0.25) is 14.5 Å². The molecule has 1 aliphatic heterocycles. The van der Waals surface area contributed by atoms with Crippen LogP contribution in [0.1, 0.15) is 13.8 Å². The molecule has 1 saturated heterocycles. The van der Waals surface area contributed by atoms with E-state index >= 15 is 0 Å². The van der Waals surface area contributed by atoms with Crippen LogP contribution in [0.25, 0.3) is 0 Å². The van der Waals surface area contributed by atoms with Gasteiger partial charge in [0.25, 0.3) is 0 Å². The Morgan fingerprint density at radius 1 is 1.00 bits per heavy atom. The molecule has 0 N–H and O–H groups in total. The maximum Gasteiger partial charge on any atom is 0.237 e. The zero-order chi connectivity index (χ0) is 14.4. The summed E-state index contributed by atoms with van der Waals surface area (Å²) in [5, 5.41) is 0. The van der Waals surface area contributed by atoms with Crippen LogP contribution in [0, 0.1) is 11.8 Å². The Labute approximate surface area is 110 Å². The van der Waals surface area contributed by atoms with Gasteiger partial charge in [0.1, 0.15) is 10.1 Å². The number of nitrogens with zero attached hydrogens (tertiary/aromatic N) is 1. The monoisotopic (exact) mass is 282 g/mol. The average Bonchev–Trinajstić information content (AvgIpc) is 2.53. The molecule has 0 spiro atoms. The number of imide groups is 1. The molecule has 2 rings (SSSR count). The second kappa shape index (κ2) is 4.43. The fourth-order valence-electron chi connectivity index (χ4n) is 1.96. The Morgan fingerprint density at radius 2 is 1.42 bits per heavy atom. The van der Waals surface area contributed by atoms with E-state index < -0.39 is 26.8 Å². The van der Waals surface area contributed by atoms with Crippen LogP contribution >= 0.6 is 0 Å². The minimum absolute atomic E-state index is 0.276. The van der Waals surface area contributed by atoms with E-state index in [1.54, 1.807) is 13.8 Å². The Hall–Kier alpha value is -1.73. The number of carbonyl (C=O) groups is 2. The summed E-state index contributed by atoms with van der Waals surface area (Å²) in [6.07, 6.45) is 0. The SMILES string of the molecule is CC1C(=O)N(c2ccc(S(=O)(=O)[O-])cc2)C(=O)C1C. The molecule has 2 atom stereocenters. The van der Waals surface area contributed by atoms with Crippen molar-refractivity contribution < 1.29 is 22.6 Å². The highest BCUT2D eigenvalue weighted by molar-refractivity contribution is 7.85. The van der Waals surface area contributed by atoms with Crippen LogP contribution in [-0.4, -0.2) is 24.8 Å². The lowest BCUT2D eigenvalue weighted by Crippen LogP contribution is -2.30. The molecular weight excluding hydrogens is 270 g/mol. The maximum atomic E-state index is 11.9. The lowest BCUT2D eigenvalue weighted by molar-refractivity contribution is -0.122. The summed E-state index contributed by atoms with van der Waals surface area (Å²) in [5.41, 5.74) is 0.276. The normalized spacial score (nSPS) is 24.1. The molecule has 0 aliphatic carbocycles. The second-order valence-corrected chi connectivity index (χ2v) is 5.92. The number of carbonyl (C=O) groups excluding carboxylic acids is 2. The molecule has 102 valence electrons. The van der Waals surface area contributed by atoms with Crippen LogP contribution in [0.2, 0.25) is 0 Å². The van der Waals surface area contributed by atoms with Gasteiger partial charge in [-0.25, -0.2) is 8.42 Å². The molecule has 1 aliphatic rings. The standard InChI is InChI=1S/C12H13NO5S/c1-7-8(2)12(15)13(11(7)14)9-3-5-10(6-4-9)19(16,17)18/h3-8H,1-2H3,(H,16,17,18)/p-1. The molecular formula is C12H12NO5S-. The molecule has 0 bridgehead atoms. The lowest BCUT2D eigenvalue weighted by atomic mass is 10.00. The molecule has 2 amide bonds. The molecule has 0 radical (unpaired) electrons. The molecule has 7 heteroatoms. The summed E-state index contributed by atoms with van der Waals surface area (Å²) in [7, 11) is -4.53. The van der Waals surface area contributed by atoms with Gasteiger partial charge in [0.05, 0.1) is 10.6 Å². The van der Waals surface area contributed by atoms with Crippen molar-refractivity contribution in [2.45, 2.75) is 18.7 Å². The zero-order valence-corrected chi connectivity index (χ0v) is 11.2. The third kappa shape index (κ3) is 2.26. The first-order chi connectivity index (χ1) is 8.73. The molecule has 1 heterocycles. The quantitative estimate of drug-likeness (QED) is 0.589. The van der Waals surface area contributed by atoms with Crippen LogP contribution < -0.4 is 4.90 Å². The molecule has 2 unspecified atom stereocenters. The van der Waals surface area contributed by atoms with Gasteiger partial charge in [0.15, 0.2) is 0 Å². The number of anilines is 1. The van der Waals surface area contributed by atoms with Crippen LogP contribution in [0.4, 0.5) is 5.69 Å². The van der Waals surface area contributed by atoms with Gasteiger partial charge in [-0.2, -0.15) is 0 Å². The molecule has 6 nitrogen and oxygen atoms in total. The number of hydrogen-bond acceptors (Lipinski definition) is 5. The molecule has 0 aromatic heterocycles. The summed E-state index contributed by atoms with van der Waals surface area (Å²) >= 11 is 0. The van der Waals surface area contributed by atoms with Crippen LogP contribution in [0.3, 0.4) is 0 Å². The zero-order valence-electron chi connectivity index (χ0n) is 10.4. The molecule has 1 aromatic rings. The van der Waals surface area contributed by atoms with E-state index in [2.05, 4.69) is 0 Å². The van der Waals surface area contributed by atoms with E-state index in [9.17, 15) is 22.6 Å². The van der Waals surface area contributed by atoms with E-state index in [1.165, 1.54) is 12.1 Å². The third-order valence-corrected chi connectivity index (χ3v) is 4.20. The predicted molar refractivity (Wildman–Crippen MR) is 65.2 cm³/mol. The Morgan fingerprint density at radius 3 is 1.79 bits per heavy atom. The molecule has 1 fully saturated rings. The summed E-state index contributed by atoms with van der Waals surface area (Å²) in [6, 6.07) is 4.74. The van der Waals surface area contributed by atoms with Crippen LogP contribution in [0.15, 0.2) is 29.2 Å². The smallest absolute Gasteiger partial charge is 0.237 e. The first kappa shape index (κ1) is 13.7. The molecule has 19 heavy (non-hydrogen) atoms. The summed E-state index contributed by atoms with van der Waals surface area (Å²) < 4.78 is 32.4. The van der Waals surface area contributed by atoms with Crippen LogP contribution in [-0.2, 0) is 19.7 Å². The summed E-state index contributed by atoms with van der Waals surface area (Å²) in [6.45, 7) is 3.34. The van der Waals surface area contributed by atoms with Crippen molar-refractivity contribution in [1.82, 2.24) is 0 Å². The van der Waals surface area contributed by atoms with Crippen molar-refractivity contribution >= 4 is 27.6 Å². The van der Waals surface area contributed by atoms with Crippen molar-refractivity contribution in [1.29, 1.82) is 0 Å². The van der Waals surface area contributed by atoms with Crippen molar-refractivity contribution in [3.05, 3.63) is 24.3 Å². The lowest BCUT2D eigenvalue weighted by Gasteiger charge is -2.15. The van der Waals surface area contributed by atoms with Gasteiger partial charge in [0.2, 0.25) is 11.8 Å². The summed E-state index contributed by atoms with van der Waals surface area (Å²) in [4.78, 5) is 24.5. The largest absolute Gasteiger partial charge is 0.744 e. The van der Waals surface area contributed by atoms with E-state index in [-0.39, 0.29) is 17.5 Å². The topological polar surface area (TPSA) is 94.6 Å². The minimum Gasteiger partial charge on any atom is -0.744 e. The van der Waals surface area contributed by atoms with E-state index in [4.69, 9.17) is 0 Å². The second-order valence-electron chi connectivity index (χ2n) is 4.54. The van der Waals surface area contributed by atoms with Crippen molar-refractivity contribution in [3.8, 4) is 0 Å². The van der Waals surface area contributed by atoms with Crippen molar-refractivity contribution in [2.75, 3.05) is 4.90 Å². The fourth-order valence-corrected chi connectivity index (χ4v) is 2.43.